The molecule has 1 unspecified atom stereocenters. The Morgan fingerprint density at radius 2 is 1.68 bits per heavy atom. The molecular weight excluding hydrogens is 559 g/mol. The summed E-state index contributed by atoms with van der Waals surface area (Å²) >= 11 is 5.99. The number of carbonyl (C=O) groups excluding carboxylic acids is 2. The number of pyridine rings is 1. The standard InChI is InChI=1S/C22H22ClFN4O2.C3H4O4.C3H8O/c1-2-30-22(29)27-18-11-12-20(28-21(18)25)26-19(15-5-9-17(24)10-6-15)13-14-3-7-16(23)8-4-14;4-2(5)1-3(6)7;1-2-3-4/h3-12,19H,2,13H2,1H3,(H,27,29)(H3,25,26,28);1H2,(H,4,5)(H,6,7);4H,2-3H2,1H3. The first-order chi connectivity index (χ1) is 19.5. The van der Waals surface area contributed by atoms with Gasteiger partial charge in [-0.1, -0.05) is 42.8 Å². The Labute approximate surface area is 242 Å². The molecule has 3 rings (SSSR count). The fourth-order valence-electron chi connectivity index (χ4n) is 3.10. The molecule has 13 heteroatoms. The predicted molar refractivity (Wildman–Crippen MR) is 151 cm³/mol. The van der Waals surface area contributed by atoms with Gasteiger partial charge in [-0.2, -0.15) is 0 Å². The smallest absolute Gasteiger partial charge is 0.411 e. The third-order valence-electron chi connectivity index (χ3n) is 4.96. The zero-order valence-electron chi connectivity index (χ0n) is 22.7. The van der Waals surface area contributed by atoms with Crippen molar-refractivity contribution in [3.63, 3.8) is 0 Å². The highest BCUT2D eigenvalue weighted by molar-refractivity contribution is 6.30. The number of rotatable bonds is 10. The highest BCUT2D eigenvalue weighted by atomic mass is 35.5. The van der Waals surface area contributed by atoms with Crippen molar-refractivity contribution in [1.82, 2.24) is 0 Å². The molecule has 11 nitrogen and oxygen atoms in total. The van der Waals surface area contributed by atoms with E-state index in [4.69, 9.17) is 32.3 Å². The molecule has 222 valence electrons. The predicted octanol–water partition coefficient (Wildman–Crippen LogP) is 3.44. The molecule has 0 aliphatic rings. The number of H-pyrrole nitrogens is 1. The Balaban J connectivity index is 0.000000649. The summed E-state index contributed by atoms with van der Waals surface area (Å²) in [6, 6.07) is 17.2. The molecule has 0 fully saturated rings. The minimum atomic E-state index is -1.56. The average molecular weight is 593 g/mol. The molecule has 0 aliphatic carbocycles. The number of carboxylic acids is 2. The number of aliphatic hydroxyl groups is 1. The lowest BCUT2D eigenvalue weighted by Gasteiger charge is -2.17. The van der Waals surface area contributed by atoms with E-state index in [1.54, 1.807) is 31.2 Å². The van der Waals surface area contributed by atoms with Crippen molar-refractivity contribution in [2.45, 2.75) is 39.2 Å². The maximum atomic E-state index is 13.4. The van der Waals surface area contributed by atoms with Gasteiger partial charge in [0, 0.05) is 24.1 Å². The van der Waals surface area contributed by atoms with Crippen molar-refractivity contribution in [1.29, 1.82) is 0 Å². The zero-order chi connectivity index (χ0) is 30.8. The second-order valence-electron chi connectivity index (χ2n) is 8.29. The number of hydrogen-bond acceptors (Lipinski definition) is 8. The zero-order valence-corrected chi connectivity index (χ0v) is 23.4. The molecule has 1 atom stereocenters. The first-order valence-corrected chi connectivity index (χ1v) is 12.9. The van der Waals surface area contributed by atoms with Crippen molar-refractivity contribution in [2.24, 2.45) is 0 Å². The highest BCUT2D eigenvalue weighted by Gasteiger charge is 2.18. The molecule has 0 radical (unpaired) electrons. The van der Waals surface area contributed by atoms with Gasteiger partial charge in [-0.15, -0.1) is 0 Å². The average Bonchev–Trinajstić information content (AvgIpc) is 2.91. The number of carboxylic acid groups (broad SMARTS) is 2. The molecule has 1 heterocycles. The fraction of sp³-hybridized carbons (Fsp3) is 0.286. The molecule has 2 aromatic carbocycles. The van der Waals surface area contributed by atoms with Crippen LogP contribution in [0.5, 0.6) is 0 Å². The summed E-state index contributed by atoms with van der Waals surface area (Å²) in [4.78, 5) is 33.3. The quantitative estimate of drug-likeness (QED) is 0.220. The van der Waals surface area contributed by atoms with Crippen LogP contribution in [0, 0.1) is 5.82 Å². The lowest BCUT2D eigenvalue weighted by molar-refractivity contribution is -0.342. The third kappa shape index (κ3) is 14.5. The van der Waals surface area contributed by atoms with Crippen LogP contribution in [0.25, 0.3) is 0 Å². The van der Waals surface area contributed by atoms with E-state index in [1.807, 2.05) is 31.2 Å². The van der Waals surface area contributed by atoms with E-state index >= 15 is 0 Å². The van der Waals surface area contributed by atoms with Crippen LogP contribution in [0.1, 0.15) is 43.9 Å². The Morgan fingerprint density at radius 1 is 1.07 bits per heavy atom. The van der Waals surface area contributed by atoms with Crippen LogP contribution in [0.15, 0.2) is 60.7 Å². The fourth-order valence-corrected chi connectivity index (χ4v) is 3.22. The van der Waals surface area contributed by atoms with Crippen LogP contribution >= 0.6 is 11.6 Å². The molecular formula is C28H34ClFN4O7. The topological polar surface area (TPSA) is 188 Å². The molecule has 0 spiro atoms. The lowest BCUT2D eigenvalue weighted by Crippen LogP contribution is -2.24. The maximum absolute atomic E-state index is 13.4. The molecule has 0 saturated heterocycles. The van der Waals surface area contributed by atoms with E-state index < -0.39 is 24.5 Å². The summed E-state index contributed by atoms with van der Waals surface area (Å²) in [6.45, 7) is 4.23. The summed E-state index contributed by atoms with van der Waals surface area (Å²) in [6.07, 6.45) is 0.0181. The number of aromatic amines is 1. The number of benzene rings is 2. The normalized spacial score (nSPS) is 10.6. The Morgan fingerprint density at radius 3 is 2.15 bits per heavy atom. The maximum Gasteiger partial charge on any atom is 0.411 e. The summed E-state index contributed by atoms with van der Waals surface area (Å²) in [7, 11) is 0. The minimum absolute atomic E-state index is 0.161. The summed E-state index contributed by atoms with van der Waals surface area (Å²) in [5.74, 6) is -2.32. The molecule has 0 aliphatic heterocycles. The van der Waals surface area contributed by atoms with Gasteiger partial charge in [0.15, 0.2) is 0 Å². The molecule has 0 saturated carbocycles. The molecule has 41 heavy (non-hydrogen) atoms. The number of nitrogen functional groups attached to an aromatic ring is 1. The number of nitrogens with two attached hydrogens (primary N) is 1. The number of halogens is 2. The Hall–Kier alpha value is -4.42. The number of hydrogen-bond donors (Lipinski definition) is 5. The summed E-state index contributed by atoms with van der Waals surface area (Å²) < 4.78 is 18.3. The van der Waals surface area contributed by atoms with Crippen LogP contribution in [-0.2, 0) is 20.7 Å². The minimum Gasteiger partial charge on any atom is -0.550 e. The van der Waals surface area contributed by atoms with Gasteiger partial charge in [-0.05, 0) is 54.8 Å². The number of carbonyl (C=O) groups is 3. The van der Waals surface area contributed by atoms with Gasteiger partial charge in [0.05, 0.1) is 19.0 Å². The van der Waals surface area contributed by atoms with Crippen LogP contribution in [0.4, 0.5) is 26.5 Å². The van der Waals surface area contributed by atoms with Crippen molar-refractivity contribution in [3.05, 3.63) is 82.6 Å². The van der Waals surface area contributed by atoms with E-state index in [-0.39, 0.29) is 24.3 Å². The van der Waals surface area contributed by atoms with E-state index in [2.05, 4.69) is 15.6 Å². The van der Waals surface area contributed by atoms with Gasteiger partial charge < -0.3 is 30.6 Å². The van der Waals surface area contributed by atoms with E-state index in [0.717, 1.165) is 17.5 Å². The first kappa shape index (κ1) is 34.6. The van der Waals surface area contributed by atoms with Crippen LogP contribution in [0.3, 0.4) is 0 Å². The second-order valence-corrected chi connectivity index (χ2v) is 8.73. The molecule has 1 amide bonds. The number of aliphatic carboxylic acids is 2. The van der Waals surface area contributed by atoms with Gasteiger partial charge in [0.1, 0.15) is 17.5 Å². The van der Waals surface area contributed by atoms with Crippen LogP contribution in [-0.4, -0.2) is 41.5 Å². The number of aliphatic hydroxyl groups excluding tert-OH is 1. The van der Waals surface area contributed by atoms with Crippen LogP contribution < -0.4 is 26.5 Å². The van der Waals surface area contributed by atoms with Gasteiger partial charge in [0.25, 0.3) is 0 Å². The number of amides is 1. The summed E-state index contributed by atoms with van der Waals surface area (Å²) in [5, 5.41) is 31.5. The number of ether oxygens (including phenoxy) is 1. The molecule has 7 N–H and O–H groups in total. The molecule has 0 bridgehead atoms. The number of aromatic nitrogens is 1. The van der Waals surface area contributed by atoms with Gasteiger partial charge in [-0.25, -0.2) is 14.2 Å². The SMILES string of the molecule is CCCO.CCOC(=O)Nc1ccc(NC(Cc2ccc(Cl)cc2)c2ccc(F)cc2)[nH+]c1N.O=C([O-])CC(=O)O. The van der Waals surface area contributed by atoms with Gasteiger partial charge in [0.2, 0.25) is 11.6 Å². The molecule has 1 aromatic heterocycles. The summed E-state index contributed by atoms with van der Waals surface area (Å²) in [5.41, 5.74) is 8.43. The number of nitrogens with one attached hydrogen (secondary N) is 3. The lowest BCUT2D eigenvalue weighted by atomic mass is 9.98. The van der Waals surface area contributed by atoms with Gasteiger partial charge in [-0.3, -0.25) is 15.4 Å². The van der Waals surface area contributed by atoms with Gasteiger partial charge >= 0.3 is 12.1 Å². The monoisotopic (exact) mass is 592 g/mol. The number of anilines is 3. The highest BCUT2D eigenvalue weighted by Crippen LogP contribution is 2.25. The Kier molecular flexibility index (Phi) is 15.9. The largest absolute Gasteiger partial charge is 0.550 e. The van der Waals surface area contributed by atoms with Crippen molar-refractivity contribution in [2.75, 3.05) is 29.6 Å². The van der Waals surface area contributed by atoms with E-state index in [1.165, 1.54) is 12.1 Å². The Bertz CT molecular complexity index is 1230. The second kappa shape index (κ2) is 18.8. The van der Waals surface area contributed by atoms with Crippen LogP contribution in [0.2, 0.25) is 5.02 Å². The first-order valence-electron chi connectivity index (χ1n) is 12.5. The van der Waals surface area contributed by atoms with Crippen molar-refractivity contribution < 1.29 is 43.8 Å². The van der Waals surface area contributed by atoms with E-state index in [0.29, 0.717) is 29.6 Å². The van der Waals surface area contributed by atoms with Crippen molar-refractivity contribution >= 4 is 47.0 Å². The van der Waals surface area contributed by atoms with Crippen molar-refractivity contribution in [3.8, 4) is 0 Å². The molecule has 3 aromatic rings. The third-order valence-corrected chi connectivity index (χ3v) is 5.21. The van der Waals surface area contributed by atoms with E-state index in [9.17, 15) is 23.9 Å².